The lowest BCUT2D eigenvalue weighted by molar-refractivity contribution is -0.137. The van der Waals surface area contributed by atoms with Crippen LogP contribution in [0.15, 0.2) is 12.3 Å². The summed E-state index contributed by atoms with van der Waals surface area (Å²) in [6, 6.07) is 0.827. The summed E-state index contributed by atoms with van der Waals surface area (Å²) in [6.45, 7) is 1.84. The molecule has 0 aromatic carbocycles. The van der Waals surface area contributed by atoms with E-state index >= 15 is 0 Å². The smallest absolute Gasteiger partial charge is 0.397 e. The topological polar surface area (TPSA) is 62.8 Å². The van der Waals surface area contributed by atoms with Crippen LogP contribution in [0.25, 0.3) is 0 Å². The van der Waals surface area contributed by atoms with Crippen LogP contribution < -0.4 is 5.73 Å². The van der Waals surface area contributed by atoms with Gasteiger partial charge in [0.05, 0.1) is 28.9 Å². The molecule has 3 nitrogen and oxygen atoms in total. The molecule has 0 spiro atoms. The minimum atomic E-state index is -4.51. The molecule has 0 aliphatic carbocycles. The van der Waals surface area contributed by atoms with Crippen molar-refractivity contribution in [3.05, 3.63) is 23.5 Å². The van der Waals surface area contributed by atoms with E-state index in [2.05, 4.69) is 4.98 Å². The van der Waals surface area contributed by atoms with Crippen molar-refractivity contribution in [1.29, 1.82) is 5.41 Å². The van der Waals surface area contributed by atoms with Gasteiger partial charge in [0.2, 0.25) is 0 Å². The molecule has 0 atom stereocenters. The van der Waals surface area contributed by atoms with Crippen LogP contribution in [-0.4, -0.2) is 10.7 Å². The molecule has 96 valence electrons. The van der Waals surface area contributed by atoms with Gasteiger partial charge in [0.15, 0.2) is 0 Å². The van der Waals surface area contributed by atoms with E-state index < -0.39 is 17.4 Å². The van der Waals surface area contributed by atoms with Gasteiger partial charge in [-0.2, -0.15) is 13.2 Å². The van der Waals surface area contributed by atoms with E-state index in [9.17, 15) is 13.2 Å². The molecule has 0 fully saturated rings. The van der Waals surface area contributed by atoms with Gasteiger partial charge in [-0.05, 0) is 12.5 Å². The number of hydrogen-bond donors (Lipinski definition) is 2. The fourth-order valence-corrected chi connectivity index (χ4v) is 1.25. The number of hydrogen-bond acceptors (Lipinski definition) is 3. The quantitative estimate of drug-likeness (QED) is 0.826. The van der Waals surface area contributed by atoms with Gasteiger partial charge in [0, 0.05) is 0 Å². The van der Waals surface area contributed by atoms with Gasteiger partial charge in [-0.3, -0.25) is 4.98 Å². The highest BCUT2D eigenvalue weighted by molar-refractivity contribution is 5.96. The van der Waals surface area contributed by atoms with Crippen LogP contribution in [0.1, 0.15) is 31.0 Å². The lowest BCUT2D eigenvalue weighted by Gasteiger charge is -2.11. The molecular formula is C10H13ClF3N3. The van der Waals surface area contributed by atoms with Gasteiger partial charge in [-0.1, -0.05) is 13.3 Å². The number of halogens is 4. The van der Waals surface area contributed by atoms with Crippen LogP contribution in [0.5, 0.6) is 0 Å². The zero-order chi connectivity index (χ0) is 12.3. The van der Waals surface area contributed by atoms with Gasteiger partial charge in [-0.25, -0.2) is 0 Å². The molecule has 1 rings (SSSR count). The molecule has 0 bridgehead atoms. The molecule has 1 aromatic rings. The summed E-state index contributed by atoms with van der Waals surface area (Å²) in [4.78, 5) is 3.72. The Hall–Kier alpha value is -1.30. The first-order valence-corrected chi connectivity index (χ1v) is 4.76. The maximum absolute atomic E-state index is 12.5. The molecular weight excluding hydrogens is 255 g/mol. The van der Waals surface area contributed by atoms with Crippen molar-refractivity contribution >= 4 is 23.8 Å². The highest BCUT2D eigenvalue weighted by Crippen LogP contribution is 2.33. The SMILES string of the molecule is CCCC(=N)c1cc(C(F)(F)F)c(N)cn1.Cl. The van der Waals surface area contributed by atoms with Crippen molar-refractivity contribution in [2.45, 2.75) is 25.9 Å². The summed E-state index contributed by atoms with van der Waals surface area (Å²) in [7, 11) is 0. The molecule has 17 heavy (non-hydrogen) atoms. The molecule has 1 aromatic heterocycles. The van der Waals surface area contributed by atoms with Gasteiger partial charge < -0.3 is 11.1 Å². The number of nitrogens with zero attached hydrogens (tertiary/aromatic N) is 1. The standard InChI is InChI=1S/C10H12F3N3.ClH/c1-2-3-7(14)9-4-6(10(11,12)13)8(15)5-16-9;/h4-5,14H,2-3,15H2,1H3;1H. The number of nitrogens with two attached hydrogens (primary N) is 1. The van der Waals surface area contributed by atoms with Crippen molar-refractivity contribution in [2.24, 2.45) is 0 Å². The first-order valence-electron chi connectivity index (χ1n) is 4.76. The second-order valence-electron chi connectivity index (χ2n) is 3.38. The number of anilines is 1. The van der Waals surface area contributed by atoms with E-state index in [1.54, 1.807) is 0 Å². The first kappa shape index (κ1) is 15.7. The molecule has 0 aliphatic rings. The van der Waals surface area contributed by atoms with E-state index in [-0.39, 0.29) is 23.8 Å². The second kappa shape index (κ2) is 5.86. The summed E-state index contributed by atoms with van der Waals surface area (Å²) >= 11 is 0. The second-order valence-corrected chi connectivity index (χ2v) is 3.38. The Balaban J connectivity index is 0.00000256. The Labute approximate surface area is 103 Å². The molecule has 0 radical (unpaired) electrons. The zero-order valence-corrected chi connectivity index (χ0v) is 9.95. The van der Waals surface area contributed by atoms with Gasteiger partial charge in [0.1, 0.15) is 0 Å². The van der Waals surface area contributed by atoms with Crippen LogP contribution in [0, 0.1) is 5.41 Å². The average Bonchev–Trinajstić information content (AvgIpc) is 2.16. The average molecular weight is 268 g/mol. The van der Waals surface area contributed by atoms with Gasteiger partial charge >= 0.3 is 6.18 Å². The van der Waals surface area contributed by atoms with Crippen LogP contribution in [0.3, 0.4) is 0 Å². The summed E-state index contributed by atoms with van der Waals surface area (Å²) in [5.41, 5.74) is 3.97. The number of nitrogen functional groups attached to an aromatic ring is 1. The van der Waals surface area contributed by atoms with Crippen molar-refractivity contribution in [1.82, 2.24) is 4.98 Å². The molecule has 0 saturated carbocycles. The lowest BCUT2D eigenvalue weighted by Crippen LogP contribution is -2.12. The minimum absolute atomic E-state index is 0. The van der Waals surface area contributed by atoms with E-state index in [4.69, 9.17) is 11.1 Å². The Morgan fingerprint density at radius 3 is 2.53 bits per heavy atom. The first-order chi connectivity index (χ1) is 7.36. The number of pyridine rings is 1. The fourth-order valence-electron chi connectivity index (χ4n) is 1.25. The van der Waals surface area contributed by atoms with E-state index in [1.807, 2.05) is 6.92 Å². The molecule has 0 unspecified atom stereocenters. The largest absolute Gasteiger partial charge is 0.418 e. The third kappa shape index (κ3) is 3.89. The number of rotatable bonds is 3. The summed E-state index contributed by atoms with van der Waals surface area (Å²) < 4.78 is 37.5. The monoisotopic (exact) mass is 267 g/mol. The molecule has 0 saturated heterocycles. The molecule has 3 N–H and O–H groups in total. The fraction of sp³-hybridized carbons (Fsp3) is 0.400. The van der Waals surface area contributed by atoms with Crippen LogP contribution >= 0.6 is 12.4 Å². The zero-order valence-electron chi connectivity index (χ0n) is 9.14. The third-order valence-electron chi connectivity index (χ3n) is 2.05. The summed E-state index contributed by atoms with van der Waals surface area (Å²) in [6.07, 6.45) is -2.48. The molecule has 1 heterocycles. The van der Waals surface area contributed by atoms with Crippen LogP contribution in [0.4, 0.5) is 18.9 Å². The number of nitrogens with one attached hydrogen (secondary N) is 1. The van der Waals surface area contributed by atoms with Crippen LogP contribution in [0.2, 0.25) is 0 Å². The maximum Gasteiger partial charge on any atom is 0.418 e. The van der Waals surface area contributed by atoms with E-state index in [0.29, 0.717) is 12.8 Å². The Bertz CT molecular complexity index is 404. The normalized spacial score (nSPS) is 10.8. The van der Waals surface area contributed by atoms with Gasteiger partial charge in [-0.15, -0.1) is 12.4 Å². The summed E-state index contributed by atoms with van der Waals surface area (Å²) in [5, 5.41) is 7.53. The molecule has 0 amide bonds. The predicted molar refractivity (Wildman–Crippen MR) is 62.6 cm³/mol. The molecule has 0 aliphatic heterocycles. The number of alkyl halides is 3. The minimum Gasteiger partial charge on any atom is -0.397 e. The van der Waals surface area contributed by atoms with Crippen molar-refractivity contribution in [3.63, 3.8) is 0 Å². The highest BCUT2D eigenvalue weighted by atomic mass is 35.5. The predicted octanol–water partition coefficient (Wildman–Crippen LogP) is 3.27. The Kier molecular flexibility index (Phi) is 5.41. The Morgan fingerprint density at radius 1 is 1.47 bits per heavy atom. The third-order valence-corrected chi connectivity index (χ3v) is 2.05. The number of aromatic nitrogens is 1. The van der Waals surface area contributed by atoms with E-state index in [1.165, 1.54) is 0 Å². The lowest BCUT2D eigenvalue weighted by atomic mass is 10.1. The van der Waals surface area contributed by atoms with Crippen LogP contribution in [-0.2, 0) is 6.18 Å². The van der Waals surface area contributed by atoms with Crippen molar-refractivity contribution < 1.29 is 13.2 Å². The van der Waals surface area contributed by atoms with Crippen molar-refractivity contribution in [2.75, 3.05) is 5.73 Å². The highest BCUT2D eigenvalue weighted by Gasteiger charge is 2.33. The van der Waals surface area contributed by atoms with Gasteiger partial charge in [0.25, 0.3) is 0 Å². The van der Waals surface area contributed by atoms with E-state index in [0.717, 1.165) is 12.3 Å². The molecule has 7 heteroatoms. The Morgan fingerprint density at radius 2 is 2.06 bits per heavy atom. The summed E-state index contributed by atoms with van der Waals surface area (Å²) in [5.74, 6) is 0. The maximum atomic E-state index is 12.5. The van der Waals surface area contributed by atoms with Crippen molar-refractivity contribution in [3.8, 4) is 0 Å².